The average molecular weight is 328 g/mol. The summed E-state index contributed by atoms with van der Waals surface area (Å²) in [5.74, 6) is -1.46. The fourth-order valence-electron chi connectivity index (χ4n) is 2.67. The van der Waals surface area contributed by atoms with E-state index in [1.165, 1.54) is 18.2 Å². The highest BCUT2D eigenvalue weighted by Gasteiger charge is 2.24. The van der Waals surface area contributed by atoms with Crippen LogP contribution in [0, 0.1) is 5.82 Å². The minimum Gasteiger partial charge on any atom is -0.454 e. The minimum atomic E-state index is -0.766. The topological polar surface area (TPSA) is 59.5 Å². The zero-order valence-corrected chi connectivity index (χ0v) is 13.2. The van der Waals surface area contributed by atoms with E-state index in [-0.39, 0.29) is 11.5 Å². The maximum absolute atomic E-state index is 14.0. The monoisotopic (exact) mass is 328 g/mol. The predicted octanol–water partition coefficient (Wildman–Crippen LogP) is 3.27. The highest BCUT2D eigenvalue weighted by atomic mass is 19.1. The van der Waals surface area contributed by atoms with Crippen molar-refractivity contribution in [3.05, 3.63) is 59.7 Å². The maximum Gasteiger partial charge on any atom is 0.341 e. The second-order valence-corrected chi connectivity index (χ2v) is 5.65. The van der Waals surface area contributed by atoms with Gasteiger partial charge in [0.2, 0.25) is 5.91 Å². The molecule has 5 nitrogen and oxygen atoms in total. The lowest BCUT2D eigenvalue weighted by atomic mass is 10.1. The predicted molar refractivity (Wildman–Crippen MR) is 86.1 cm³/mol. The molecule has 1 aliphatic rings. The summed E-state index contributed by atoms with van der Waals surface area (Å²) < 4.78 is 19.4. The van der Waals surface area contributed by atoms with E-state index in [1.54, 1.807) is 36.4 Å². The van der Waals surface area contributed by atoms with E-state index in [0.29, 0.717) is 18.7 Å². The number of esters is 1. The van der Waals surface area contributed by atoms with Gasteiger partial charge in [-0.3, -0.25) is 9.78 Å². The SMILES string of the molecule is C[C@@H](OC(=O)c1cc(N2CCCC2=O)ccc1F)c1cccnc1. The lowest BCUT2D eigenvalue weighted by Gasteiger charge is -2.18. The Morgan fingerprint density at radius 2 is 2.21 bits per heavy atom. The molecule has 0 radical (unpaired) electrons. The van der Waals surface area contributed by atoms with Crippen molar-refractivity contribution in [3.8, 4) is 0 Å². The van der Waals surface area contributed by atoms with Gasteiger partial charge in [0, 0.05) is 36.6 Å². The third-order valence-corrected chi connectivity index (χ3v) is 3.99. The molecule has 0 saturated carbocycles. The fraction of sp³-hybridized carbons (Fsp3) is 0.278. The zero-order chi connectivity index (χ0) is 17.1. The van der Waals surface area contributed by atoms with Crippen molar-refractivity contribution in [2.75, 3.05) is 11.4 Å². The number of hydrogen-bond acceptors (Lipinski definition) is 4. The van der Waals surface area contributed by atoms with E-state index in [0.717, 1.165) is 12.0 Å². The van der Waals surface area contributed by atoms with E-state index in [1.807, 2.05) is 0 Å². The van der Waals surface area contributed by atoms with Gasteiger partial charge in [-0.25, -0.2) is 9.18 Å². The first-order chi connectivity index (χ1) is 11.6. The third kappa shape index (κ3) is 3.27. The Kier molecular flexibility index (Phi) is 4.55. The van der Waals surface area contributed by atoms with E-state index in [4.69, 9.17) is 4.74 Å². The largest absolute Gasteiger partial charge is 0.454 e. The molecular weight excluding hydrogens is 311 g/mol. The minimum absolute atomic E-state index is 0.0235. The maximum atomic E-state index is 14.0. The van der Waals surface area contributed by atoms with Crippen molar-refractivity contribution in [2.45, 2.75) is 25.9 Å². The van der Waals surface area contributed by atoms with Crippen molar-refractivity contribution >= 4 is 17.6 Å². The molecule has 1 aliphatic heterocycles. The Balaban J connectivity index is 1.80. The number of amides is 1. The third-order valence-electron chi connectivity index (χ3n) is 3.99. The van der Waals surface area contributed by atoms with Gasteiger partial charge in [-0.05, 0) is 37.6 Å². The van der Waals surface area contributed by atoms with Crippen LogP contribution in [-0.4, -0.2) is 23.4 Å². The van der Waals surface area contributed by atoms with Gasteiger partial charge in [-0.2, -0.15) is 0 Å². The highest BCUT2D eigenvalue weighted by Crippen LogP contribution is 2.25. The van der Waals surface area contributed by atoms with E-state index >= 15 is 0 Å². The number of carbonyl (C=O) groups excluding carboxylic acids is 2. The summed E-state index contributed by atoms with van der Waals surface area (Å²) in [6.45, 7) is 2.27. The highest BCUT2D eigenvalue weighted by molar-refractivity contribution is 5.97. The average Bonchev–Trinajstić information content (AvgIpc) is 3.02. The molecule has 0 spiro atoms. The van der Waals surface area contributed by atoms with Crippen molar-refractivity contribution in [1.82, 2.24) is 4.98 Å². The van der Waals surface area contributed by atoms with Crippen LogP contribution in [0.2, 0.25) is 0 Å². The number of hydrogen-bond donors (Lipinski definition) is 0. The van der Waals surface area contributed by atoms with Crippen LogP contribution in [0.5, 0.6) is 0 Å². The molecule has 2 heterocycles. The number of anilines is 1. The Morgan fingerprint density at radius 1 is 1.38 bits per heavy atom. The normalized spacial score (nSPS) is 15.4. The first-order valence-electron chi connectivity index (χ1n) is 7.77. The number of ether oxygens (including phenoxy) is 1. The number of pyridine rings is 1. The van der Waals surface area contributed by atoms with Crippen molar-refractivity contribution < 1.29 is 18.7 Å². The Bertz CT molecular complexity index is 764. The molecule has 3 rings (SSSR count). The molecular formula is C18H17FN2O3. The summed E-state index contributed by atoms with van der Waals surface area (Å²) in [6.07, 6.45) is 3.88. The molecule has 0 unspecified atom stereocenters. The van der Waals surface area contributed by atoms with Crippen molar-refractivity contribution in [1.29, 1.82) is 0 Å². The molecule has 1 aromatic carbocycles. The second kappa shape index (κ2) is 6.78. The molecule has 124 valence electrons. The Labute approximate surface area is 139 Å². The fourth-order valence-corrected chi connectivity index (χ4v) is 2.67. The molecule has 1 fully saturated rings. The molecule has 1 atom stereocenters. The summed E-state index contributed by atoms with van der Waals surface area (Å²) in [5, 5.41) is 0. The first-order valence-corrected chi connectivity index (χ1v) is 7.77. The number of rotatable bonds is 4. The zero-order valence-electron chi connectivity index (χ0n) is 13.2. The number of nitrogens with zero attached hydrogens (tertiary/aromatic N) is 2. The molecule has 1 saturated heterocycles. The summed E-state index contributed by atoms with van der Waals surface area (Å²) in [7, 11) is 0. The number of benzene rings is 1. The van der Waals surface area contributed by atoms with Crippen LogP contribution in [0.1, 0.15) is 41.8 Å². The number of aromatic nitrogens is 1. The summed E-state index contributed by atoms with van der Waals surface area (Å²) in [5.41, 5.74) is 1.06. The van der Waals surface area contributed by atoms with Crippen LogP contribution >= 0.6 is 0 Å². The molecule has 6 heteroatoms. The summed E-state index contributed by atoms with van der Waals surface area (Å²) in [6, 6.07) is 7.57. The van der Waals surface area contributed by atoms with Gasteiger partial charge in [-0.1, -0.05) is 6.07 Å². The van der Waals surface area contributed by atoms with Gasteiger partial charge in [0.05, 0.1) is 5.56 Å². The van der Waals surface area contributed by atoms with E-state index in [9.17, 15) is 14.0 Å². The molecule has 0 bridgehead atoms. The molecule has 24 heavy (non-hydrogen) atoms. The number of carbonyl (C=O) groups is 2. The lowest BCUT2D eigenvalue weighted by Crippen LogP contribution is -2.24. The van der Waals surface area contributed by atoms with Crippen LogP contribution in [-0.2, 0) is 9.53 Å². The molecule has 0 aliphatic carbocycles. The van der Waals surface area contributed by atoms with Gasteiger partial charge in [0.1, 0.15) is 11.9 Å². The van der Waals surface area contributed by atoms with Gasteiger partial charge in [0.25, 0.3) is 0 Å². The van der Waals surface area contributed by atoms with Gasteiger partial charge >= 0.3 is 5.97 Å². The summed E-state index contributed by atoms with van der Waals surface area (Å²) >= 11 is 0. The van der Waals surface area contributed by atoms with Gasteiger partial charge in [-0.15, -0.1) is 0 Å². The summed E-state index contributed by atoms with van der Waals surface area (Å²) in [4.78, 5) is 29.6. The molecule has 0 N–H and O–H groups in total. The standard InChI is InChI=1S/C18H17FN2O3/c1-12(13-4-2-8-20-11-13)24-18(23)15-10-14(6-7-16(15)19)21-9-3-5-17(21)22/h2,4,6-8,10-12H,3,5,9H2,1H3/t12-/m1/s1. The van der Waals surface area contributed by atoms with Crippen LogP contribution in [0.3, 0.4) is 0 Å². The van der Waals surface area contributed by atoms with Crippen LogP contribution in [0.4, 0.5) is 10.1 Å². The first kappa shape index (κ1) is 16.1. The van der Waals surface area contributed by atoms with Crippen molar-refractivity contribution in [2.24, 2.45) is 0 Å². The van der Waals surface area contributed by atoms with Crippen molar-refractivity contribution in [3.63, 3.8) is 0 Å². The van der Waals surface area contributed by atoms with E-state index < -0.39 is 17.9 Å². The van der Waals surface area contributed by atoms with Gasteiger partial charge < -0.3 is 9.64 Å². The Morgan fingerprint density at radius 3 is 2.88 bits per heavy atom. The Hall–Kier alpha value is -2.76. The quantitative estimate of drug-likeness (QED) is 0.808. The second-order valence-electron chi connectivity index (χ2n) is 5.65. The van der Waals surface area contributed by atoms with E-state index in [2.05, 4.69) is 4.98 Å². The number of halogens is 1. The smallest absolute Gasteiger partial charge is 0.341 e. The lowest BCUT2D eigenvalue weighted by molar-refractivity contribution is -0.117. The molecule has 2 aromatic rings. The van der Waals surface area contributed by atoms with Crippen LogP contribution < -0.4 is 4.90 Å². The van der Waals surface area contributed by atoms with Crippen LogP contribution in [0.25, 0.3) is 0 Å². The van der Waals surface area contributed by atoms with Gasteiger partial charge in [0.15, 0.2) is 0 Å². The molecule has 1 aromatic heterocycles. The van der Waals surface area contributed by atoms with Crippen LogP contribution in [0.15, 0.2) is 42.7 Å². The molecule has 1 amide bonds.